The molecule has 1 heterocycles. The minimum Gasteiger partial charge on any atom is -0.337 e. The smallest absolute Gasteiger partial charge is 0.324 e. The lowest BCUT2D eigenvalue weighted by Gasteiger charge is -2.17. The van der Waals surface area contributed by atoms with Gasteiger partial charge in [-0.15, -0.1) is 0 Å². The molecular weight excluding hydrogens is 276 g/mol. The number of imide groups is 1. The first-order valence-electron chi connectivity index (χ1n) is 7.39. The fraction of sp³-hybridized carbons (Fsp3) is 0.222. The van der Waals surface area contributed by atoms with E-state index in [1.165, 1.54) is 10.5 Å². The number of hydrogen-bond acceptors (Lipinski definition) is 2. The average molecular weight is 294 g/mol. The maximum Gasteiger partial charge on any atom is 0.324 e. The van der Waals surface area contributed by atoms with Crippen molar-refractivity contribution in [2.75, 3.05) is 6.54 Å². The van der Waals surface area contributed by atoms with Crippen LogP contribution < -0.4 is 5.32 Å². The SMILES string of the molecule is CC(CNC(=O)N1Cc2ccccc2C1=O)c1ccccc1. The Bertz CT molecular complexity index is 697. The Labute approximate surface area is 129 Å². The fourth-order valence-electron chi connectivity index (χ4n) is 2.65. The number of urea groups is 1. The van der Waals surface area contributed by atoms with Crippen molar-refractivity contribution in [3.05, 3.63) is 71.3 Å². The van der Waals surface area contributed by atoms with E-state index in [0.717, 1.165) is 5.56 Å². The molecule has 22 heavy (non-hydrogen) atoms. The van der Waals surface area contributed by atoms with Crippen molar-refractivity contribution >= 4 is 11.9 Å². The van der Waals surface area contributed by atoms with Gasteiger partial charge in [-0.25, -0.2) is 4.79 Å². The normalized spacial score (nSPS) is 14.6. The standard InChI is InChI=1S/C18H18N2O2/c1-13(14-7-3-2-4-8-14)11-19-18(22)20-12-15-9-5-6-10-16(15)17(20)21/h2-10,13H,11-12H2,1H3,(H,19,22). The molecule has 0 aromatic heterocycles. The largest absolute Gasteiger partial charge is 0.337 e. The van der Waals surface area contributed by atoms with Crippen molar-refractivity contribution in [3.63, 3.8) is 0 Å². The molecule has 3 rings (SSSR count). The predicted molar refractivity (Wildman–Crippen MR) is 84.6 cm³/mol. The molecule has 0 aliphatic carbocycles. The molecule has 1 aliphatic heterocycles. The molecule has 4 nitrogen and oxygen atoms in total. The number of benzene rings is 2. The van der Waals surface area contributed by atoms with E-state index >= 15 is 0 Å². The summed E-state index contributed by atoms with van der Waals surface area (Å²) in [4.78, 5) is 25.7. The highest BCUT2D eigenvalue weighted by molar-refractivity contribution is 6.07. The van der Waals surface area contributed by atoms with E-state index in [1.807, 2.05) is 48.5 Å². The van der Waals surface area contributed by atoms with Crippen LogP contribution in [0.3, 0.4) is 0 Å². The van der Waals surface area contributed by atoms with Gasteiger partial charge in [-0.05, 0) is 23.1 Å². The molecule has 1 atom stereocenters. The van der Waals surface area contributed by atoms with Gasteiger partial charge in [0.05, 0.1) is 6.54 Å². The van der Waals surface area contributed by atoms with E-state index in [1.54, 1.807) is 6.07 Å². The Morgan fingerprint density at radius 3 is 2.55 bits per heavy atom. The fourth-order valence-corrected chi connectivity index (χ4v) is 2.65. The molecule has 0 saturated carbocycles. The van der Waals surface area contributed by atoms with Crippen LogP contribution >= 0.6 is 0 Å². The molecule has 2 aromatic rings. The highest BCUT2D eigenvalue weighted by Gasteiger charge is 2.31. The van der Waals surface area contributed by atoms with Crippen molar-refractivity contribution < 1.29 is 9.59 Å². The summed E-state index contributed by atoms with van der Waals surface area (Å²) < 4.78 is 0. The topological polar surface area (TPSA) is 49.4 Å². The summed E-state index contributed by atoms with van der Waals surface area (Å²) in [5.74, 6) is -0.0225. The first-order valence-corrected chi connectivity index (χ1v) is 7.39. The minimum absolute atomic E-state index is 0.199. The lowest BCUT2D eigenvalue weighted by atomic mass is 10.0. The zero-order valence-corrected chi connectivity index (χ0v) is 12.5. The van der Waals surface area contributed by atoms with Gasteiger partial charge in [0, 0.05) is 12.1 Å². The summed E-state index contributed by atoms with van der Waals surface area (Å²) in [5.41, 5.74) is 2.69. The zero-order valence-electron chi connectivity index (χ0n) is 12.5. The van der Waals surface area contributed by atoms with Gasteiger partial charge in [0.25, 0.3) is 5.91 Å². The Kier molecular flexibility index (Phi) is 3.92. The summed E-state index contributed by atoms with van der Waals surface area (Å²) in [6, 6.07) is 17.0. The maximum absolute atomic E-state index is 12.3. The van der Waals surface area contributed by atoms with E-state index in [4.69, 9.17) is 0 Å². The second kappa shape index (κ2) is 6.02. The van der Waals surface area contributed by atoms with Gasteiger partial charge >= 0.3 is 6.03 Å². The van der Waals surface area contributed by atoms with Gasteiger partial charge in [0.15, 0.2) is 0 Å². The van der Waals surface area contributed by atoms with E-state index < -0.39 is 0 Å². The van der Waals surface area contributed by atoms with Crippen LogP contribution in [0.1, 0.15) is 34.3 Å². The molecule has 112 valence electrons. The molecule has 1 N–H and O–H groups in total. The van der Waals surface area contributed by atoms with Crippen molar-refractivity contribution in [2.24, 2.45) is 0 Å². The first-order chi connectivity index (χ1) is 10.7. The number of rotatable bonds is 3. The Morgan fingerprint density at radius 1 is 1.14 bits per heavy atom. The van der Waals surface area contributed by atoms with Gasteiger partial charge < -0.3 is 5.32 Å². The van der Waals surface area contributed by atoms with Crippen molar-refractivity contribution in [1.29, 1.82) is 0 Å². The monoisotopic (exact) mass is 294 g/mol. The summed E-state index contributed by atoms with van der Waals surface area (Å²) in [6.07, 6.45) is 0. The third-order valence-electron chi connectivity index (χ3n) is 3.99. The third kappa shape index (κ3) is 2.72. The van der Waals surface area contributed by atoms with Crippen LogP contribution in [0.2, 0.25) is 0 Å². The van der Waals surface area contributed by atoms with Crippen LogP contribution in [0.15, 0.2) is 54.6 Å². The molecule has 2 aromatic carbocycles. The molecule has 1 unspecified atom stereocenters. The van der Waals surface area contributed by atoms with Crippen LogP contribution in [0.5, 0.6) is 0 Å². The first kappa shape index (κ1) is 14.3. The van der Waals surface area contributed by atoms with Gasteiger partial charge in [-0.3, -0.25) is 9.69 Å². The molecule has 1 aliphatic rings. The highest BCUT2D eigenvalue weighted by atomic mass is 16.2. The Morgan fingerprint density at radius 2 is 1.82 bits per heavy atom. The summed E-state index contributed by atoms with van der Waals surface area (Å²) in [7, 11) is 0. The van der Waals surface area contributed by atoms with Crippen LogP contribution in [-0.4, -0.2) is 23.4 Å². The average Bonchev–Trinajstić information content (AvgIpc) is 2.90. The zero-order chi connectivity index (χ0) is 15.5. The molecule has 3 amide bonds. The number of nitrogens with one attached hydrogen (secondary N) is 1. The number of nitrogens with zero attached hydrogens (tertiary/aromatic N) is 1. The van der Waals surface area contributed by atoms with Crippen LogP contribution in [0.4, 0.5) is 4.79 Å². The van der Waals surface area contributed by atoms with Gasteiger partial charge in [0.1, 0.15) is 0 Å². The molecule has 0 bridgehead atoms. The number of carbonyl (C=O) groups is 2. The second-order valence-electron chi connectivity index (χ2n) is 5.55. The van der Waals surface area contributed by atoms with Gasteiger partial charge in [-0.2, -0.15) is 0 Å². The molecule has 0 fully saturated rings. The number of hydrogen-bond donors (Lipinski definition) is 1. The van der Waals surface area contributed by atoms with Crippen LogP contribution in [-0.2, 0) is 6.54 Å². The lowest BCUT2D eigenvalue weighted by Crippen LogP contribution is -2.41. The van der Waals surface area contributed by atoms with Crippen molar-refractivity contribution in [2.45, 2.75) is 19.4 Å². The Balaban J connectivity index is 1.61. The minimum atomic E-state index is -0.330. The third-order valence-corrected chi connectivity index (χ3v) is 3.99. The van der Waals surface area contributed by atoms with E-state index in [0.29, 0.717) is 18.7 Å². The van der Waals surface area contributed by atoms with E-state index in [2.05, 4.69) is 12.2 Å². The second-order valence-corrected chi connectivity index (χ2v) is 5.55. The van der Waals surface area contributed by atoms with E-state index in [9.17, 15) is 9.59 Å². The summed E-state index contributed by atoms with van der Waals surface area (Å²) in [5, 5.41) is 2.85. The highest BCUT2D eigenvalue weighted by Crippen LogP contribution is 2.22. The molecule has 0 saturated heterocycles. The van der Waals surface area contributed by atoms with Crippen LogP contribution in [0, 0.1) is 0 Å². The summed E-state index contributed by atoms with van der Waals surface area (Å²) in [6.45, 7) is 2.90. The quantitative estimate of drug-likeness (QED) is 0.945. The summed E-state index contributed by atoms with van der Waals surface area (Å²) >= 11 is 0. The molecule has 0 radical (unpaired) electrons. The molecule has 0 spiro atoms. The molecular formula is C18H18N2O2. The number of carbonyl (C=O) groups excluding carboxylic acids is 2. The van der Waals surface area contributed by atoms with Gasteiger partial charge in [-0.1, -0.05) is 55.5 Å². The number of amides is 3. The predicted octanol–water partition coefficient (Wildman–Crippen LogP) is 3.16. The van der Waals surface area contributed by atoms with Crippen molar-refractivity contribution in [3.8, 4) is 0 Å². The molecule has 4 heteroatoms. The maximum atomic E-state index is 12.3. The number of fused-ring (bicyclic) bond motifs is 1. The van der Waals surface area contributed by atoms with Gasteiger partial charge in [0.2, 0.25) is 0 Å². The van der Waals surface area contributed by atoms with Crippen molar-refractivity contribution in [1.82, 2.24) is 10.2 Å². The Hall–Kier alpha value is -2.62. The lowest BCUT2D eigenvalue weighted by molar-refractivity contribution is 0.0820. The van der Waals surface area contributed by atoms with E-state index in [-0.39, 0.29) is 17.9 Å². The van der Waals surface area contributed by atoms with Crippen LogP contribution in [0.25, 0.3) is 0 Å².